The van der Waals surface area contributed by atoms with E-state index in [-0.39, 0.29) is 12.2 Å². The molecule has 1 rings (SSSR count). The third-order valence-electron chi connectivity index (χ3n) is 1.93. The van der Waals surface area contributed by atoms with Gasteiger partial charge in [-0.15, -0.1) is 0 Å². The normalized spacial score (nSPS) is 13.2. The van der Waals surface area contributed by atoms with Gasteiger partial charge in [0.15, 0.2) is 0 Å². The van der Waals surface area contributed by atoms with Gasteiger partial charge in [-0.05, 0) is 25.1 Å². The molecule has 1 unspecified atom stereocenters. The van der Waals surface area contributed by atoms with Crippen LogP contribution in [0.4, 0.5) is 13.2 Å². The average molecular weight is 248 g/mol. The third kappa shape index (κ3) is 3.74. The van der Waals surface area contributed by atoms with Gasteiger partial charge in [-0.3, -0.25) is 4.79 Å². The minimum absolute atomic E-state index is 0.0817. The summed E-state index contributed by atoms with van der Waals surface area (Å²) in [6.07, 6.45) is -5.15. The van der Waals surface area contributed by atoms with Crippen LogP contribution in [0, 0.1) is 0 Å². The van der Waals surface area contributed by atoms with Crippen LogP contribution in [-0.2, 0) is 6.18 Å². The number of hydrogen-bond donors (Lipinski definition) is 1. The molecule has 0 aliphatic heterocycles. The largest absolute Gasteiger partial charge is 0.490 e. The van der Waals surface area contributed by atoms with E-state index in [0.717, 1.165) is 6.07 Å². The molecule has 0 aromatic heterocycles. The van der Waals surface area contributed by atoms with Crippen molar-refractivity contribution in [3.8, 4) is 5.75 Å². The number of aliphatic hydroxyl groups excluding tert-OH is 1. The van der Waals surface area contributed by atoms with Crippen LogP contribution >= 0.6 is 0 Å². The molecule has 1 N–H and O–H groups in total. The Labute approximate surface area is 95.8 Å². The lowest BCUT2D eigenvalue weighted by atomic mass is 10.1. The Hall–Kier alpha value is -1.56. The molecule has 0 aliphatic carbocycles. The standard InChI is InChI=1S/C11H11F3O3/c1-7(16)6-17-10-3-2-8(5-15)4-9(10)11(12,13)14/h2-5,7,16H,6H2,1H3. The number of hydrogen-bond acceptors (Lipinski definition) is 3. The van der Waals surface area contributed by atoms with Gasteiger partial charge in [-0.1, -0.05) is 0 Å². The van der Waals surface area contributed by atoms with Crippen molar-refractivity contribution in [2.75, 3.05) is 6.61 Å². The fourth-order valence-electron chi connectivity index (χ4n) is 1.18. The summed E-state index contributed by atoms with van der Waals surface area (Å²) in [5.74, 6) is -0.399. The second-order valence-corrected chi connectivity index (χ2v) is 3.53. The maximum Gasteiger partial charge on any atom is 0.419 e. The van der Waals surface area contributed by atoms with Crippen molar-refractivity contribution in [3.63, 3.8) is 0 Å². The molecular weight excluding hydrogens is 237 g/mol. The van der Waals surface area contributed by atoms with Gasteiger partial charge in [-0.25, -0.2) is 0 Å². The zero-order valence-electron chi connectivity index (χ0n) is 8.99. The predicted molar refractivity (Wildman–Crippen MR) is 54.0 cm³/mol. The topological polar surface area (TPSA) is 46.5 Å². The van der Waals surface area contributed by atoms with Gasteiger partial charge in [0.2, 0.25) is 0 Å². The zero-order valence-corrected chi connectivity index (χ0v) is 8.99. The Bertz CT molecular complexity index is 399. The summed E-state index contributed by atoms with van der Waals surface area (Å²) in [5, 5.41) is 8.95. The first kappa shape index (κ1) is 13.5. The van der Waals surface area contributed by atoms with Gasteiger partial charge >= 0.3 is 6.18 Å². The zero-order chi connectivity index (χ0) is 13.1. The number of benzene rings is 1. The summed E-state index contributed by atoms with van der Waals surface area (Å²) in [4.78, 5) is 10.4. The minimum Gasteiger partial charge on any atom is -0.490 e. The Kier molecular flexibility index (Phi) is 4.11. The molecule has 0 spiro atoms. The van der Waals surface area contributed by atoms with E-state index >= 15 is 0 Å². The molecule has 0 amide bonds. The third-order valence-corrected chi connectivity index (χ3v) is 1.93. The second-order valence-electron chi connectivity index (χ2n) is 3.53. The predicted octanol–water partition coefficient (Wildman–Crippen LogP) is 2.28. The average Bonchev–Trinajstić information content (AvgIpc) is 2.24. The molecule has 6 heteroatoms. The maximum atomic E-state index is 12.6. The molecule has 1 aromatic rings. The smallest absolute Gasteiger partial charge is 0.419 e. The maximum absolute atomic E-state index is 12.6. The Balaban J connectivity index is 3.07. The van der Waals surface area contributed by atoms with E-state index < -0.39 is 23.6 Å². The number of rotatable bonds is 4. The van der Waals surface area contributed by atoms with Crippen LogP contribution in [0.25, 0.3) is 0 Å². The van der Waals surface area contributed by atoms with Crippen LogP contribution in [0.3, 0.4) is 0 Å². The van der Waals surface area contributed by atoms with E-state index in [1.54, 1.807) is 0 Å². The molecule has 0 saturated heterocycles. The van der Waals surface area contributed by atoms with Crippen molar-refractivity contribution >= 4 is 6.29 Å². The van der Waals surface area contributed by atoms with Gasteiger partial charge < -0.3 is 9.84 Å². The van der Waals surface area contributed by atoms with Crippen molar-refractivity contribution in [2.45, 2.75) is 19.2 Å². The molecule has 1 aromatic carbocycles. The Morgan fingerprint density at radius 1 is 1.47 bits per heavy atom. The van der Waals surface area contributed by atoms with Crippen LogP contribution in [0.1, 0.15) is 22.8 Å². The molecule has 3 nitrogen and oxygen atoms in total. The molecule has 0 aliphatic rings. The quantitative estimate of drug-likeness (QED) is 0.831. The van der Waals surface area contributed by atoms with Crippen LogP contribution in [0.5, 0.6) is 5.75 Å². The first-order chi connectivity index (χ1) is 7.84. The molecule has 1 atom stereocenters. The highest BCUT2D eigenvalue weighted by Crippen LogP contribution is 2.36. The van der Waals surface area contributed by atoms with Crippen molar-refractivity contribution in [1.29, 1.82) is 0 Å². The van der Waals surface area contributed by atoms with Crippen molar-refractivity contribution in [2.24, 2.45) is 0 Å². The molecule has 0 fully saturated rings. The summed E-state index contributed by atoms with van der Waals surface area (Å²) in [7, 11) is 0. The van der Waals surface area contributed by atoms with Crippen LogP contribution in [0.2, 0.25) is 0 Å². The molecular formula is C11H11F3O3. The number of carbonyl (C=O) groups excluding carboxylic acids is 1. The molecule has 0 radical (unpaired) electrons. The Morgan fingerprint density at radius 2 is 2.12 bits per heavy atom. The van der Waals surface area contributed by atoms with Crippen LogP contribution in [-0.4, -0.2) is 24.1 Å². The number of aldehydes is 1. The van der Waals surface area contributed by atoms with Crippen molar-refractivity contribution in [3.05, 3.63) is 29.3 Å². The van der Waals surface area contributed by atoms with E-state index in [4.69, 9.17) is 9.84 Å². The number of halogens is 3. The highest BCUT2D eigenvalue weighted by Gasteiger charge is 2.34. The minimum atomic E-state index is -4.60. The van der Waals surface area contributed by atoms with Gasteiger partial charge in [0, 0.05) is 5.56 Å². The number of carbonyl (C=O) groups is 1. The summed E-state index contributed by atoms with van der Waals surface area (Å²) >= 11 is 0. The highest BCUT2D eigenvalue weighted by atomic mass is 19.4. The molecule has 0 bridgehead atoms. The molecule has 17 heavy (non-hydrogen) atoms. The van der Waals surface area contributed by atoms with Crippen molar-refractivity contribution in [1.82, 2.24) is 0 Å². The lowest BCUT2D eigenvalue weighted by Gasteiger charge is -2.15. The summed E-state index contributed by atoms with van der Waals surface area (Å²) in [6.45, 7) is 1.15. The number of alkyl halides is 3. The fourth-order valence-corrected chi connectivity index (χ4v) is 1.18. The first-order valence-corrected chi connectivity index (χ1v) is 4.82. The lowest BCUT2D eigenvalue weighted by Crippen LogP contribution is -2.16. The molecule has 94 valence electrons. The van der Waals surface area contributed by atoms with E-state index in [9.17, 15) is 18.0 Å². The number of aliphatic hydroxyl groups is 1. The van der Waals surface area contributed by atoms with E-state index in [1.807, 2.05) is 0 Å². The van der Waals surface area contributed by atoms with Gasteiger partial charge in [-0.2, -0.15) is 13.2 Å². The van der Waals surface area contributed by atoms with Crippen LogP contribution < -0.4 is 4.74 Å². The highest BCUT2D eigenvalue weighted by molar-refractivity contribution is 5.75. The van der Waals surface area contributed by atoms with Gasteiger partial charge in [0.25, 0.3) is 0 Å². The van der Waals surface area contributed by atoms with E-state index in [2.05, 4.69) is 0 Å². The van der Waals surface area contributed by atoms with Crippen LogP contribution in [0.15, 0.2) is 18.2 Å². The SMILES string of the molecule is CC(O)COc1ccc(C=O)cc1C(F)(F)F. The monoisotopic (exact) mass is 248 g/mol. The van der Waals surface area contributed by atoms with Gasteiger partial charge in [0.05, 0.1) is 11.7 Å². The first-order valence-electron chi connectivity index (χ1n) is 4.82. The summed E-state index contributed by atoms with van der Waals surface area (Å²) in [5.41, 5.74) is -1.11. The van der Waals surface area contributed by atoms with Crippen molar-refractivity contribution < 1.29 is 27.8 Å². The second kappa shape index (κ2) is 5.18. The summed E-state index contributed by atoms with van der Waals surface area (Å²) < 4.78 is 42.7. The molecule has 0 saturated carbocycles. The fraction of sp³-hybridized carbons (Fsp3) is 0.364. The lowest BCUT2D eigenvalue weighted by molar-refractivity contribution is -0.139. The Morgan fingerprint density at radius 3 is 2.59 bits per heavy atom. The van der Waals surface area contributed by atoms with E-state index in [0.29, 0.717) is 12.4 Å². The number of ether oxygens (including phenoxy) is 1. The van der Waals surface area contributed by atoms with E-state index in [1.165, 1.54) is 13.0 Å². The van der Waals surface area contributed by atoms with Gasteiger partial charge in [0.1, 0.15) is 18.6 Å². The molecule has 0 heterocycles. The summed E-state index contributed by atoms with van der Waals surface area (Å²) in [6, 6.07) is 3.00.